The first-order valence-corrected chi connectivity index (χ1v) is 9.12. The molecule has 29 heavy (non-hydrogen) atoms. The van der Waals surface area contributed by atoms with E-state index in [1.807, 2.05) is 30.5 Å². The van der Waals surface area contributed by atoms with Gasteiger partial charge in [0.25, 0.3) is 5.91 Å². The van der Waals surface area contributed by atoms with E-state index in [0.29, 0.717) is 24.2 Å². The fourth-order valence-corrected chi connectivity index (χ4v) is 3.22. The highest BCUT2D eigenvalue weighted by Crippen LogP contribution is 2.19. The Morgan fingerprint density at radius 3 is 2.72 bits per heavy atom. The van der Waals surface area contributed by atoms with Gasteiger partial charge in [-0.25, -0.2) is 9.59 Å². The molecule has 0 aliphatic rings. The van der Waals surface area contributed by atoms with Crippen LogP contribution >= 0.6 is 0 Å². The molecule has 0 bridgehead atoms. The Bertz CT molecular complexity index is 1100. The number of para-hydroxylation sites is 1. The number of aromatic amines is 1. The summed E-state index contributed by atoms with van der Waals surface area (Å²) in [5.41, 5.74) is 1.57. The molecule has 2 heterocycles. The third-order valence-corrected chi connectivity index (χ3v) is 4.72. The number of H-pyrrole nitrogens is 1. The van der Waals surface area contributed by atoms with Crippen molar-refractivity contribution in [3.05, 3.63) is 69.4 Å². The summed E-state index contributed by atoms with van der Waals surface area (Å²) in [6.45, 7) is 0.971. The number of nitrogens with one attached hydrogen (secondary N) is 2. The summed E-state index contributed by atoms with van der Waals surface area (Å²) in [7, 11) is 1.14. The number of hydrogen-bond acceptors (Lipinski definition) is 6. The Balaban J connectivity index is 1.76. The van der Waals surface area contributed by atoms with Crippen LogP contribution in [0.2, 0.25) is 0 Å². The van der Waals surface area contributed by atoms with Crippen molar-refractivity contribution in [2.45, 2.75) is 25.8 Å². The molecular weight excluding hydrogens is 376 g/mol. The lowest BCUT2D eigenvalue weighted by atomic mass is 10.1. The first-order valence-electron chi connectivity index (χ1n) is 9.12. The zero-order valence-electron chi connectivity index (χ0n) is 16.2. The molecule has 1 amide bonds. The molecule has 2 aromatic heterocycles. The molecule has 0 aliphatic heterocycles. The van der Waals surface area contributed by atoms with Crippen molar-refractivity contribution in [1.82, 2.24) is 10.3 Å². The van der Waals surface area contributed by atoms with Gasteiger partial charge in [-0.1, -0.05) is 18.2 Å². The maximum absolute atomic E-state index is 12.4. The number of methoxy groups -OCH3 is 1. The lowest BCUT2D eigenvalue weighted by molar-refractivity contribution is -0.143. The monoisotopic (exact) mass is 398 g/mol. The lowest BCUT2D eigenvalue weighted by Crippen LogP contribution is -2.45. The maximum Gasteiger partial charge on any atom is 0.349 e. The second-order valence-electron chi connectivity index (χ2n) is 6.65. The van der Waals surface area contributed by atoms with E-state index >= 15 is 0 Å². The minimum absolute atomic E-state index is 0.205. The number of aliphatic hydroxyl groups is 1. The molecule has 0 unspecified atom stereocenters. The summed E-state index contributed by atoms with van der Waals surface area (Å²) in [6.07, 6.45) is 3.08. The quantitative estimate of drug-likeness (QED) is 0.518. The van der Waals surface area contributed by atoms with Gasteiger partial charge in [-0.2, -0.15) is 0 Å². The van der Waals surface area contributed by atoms with Crippen molar-refractivity contribution in [3.8, 4) is 0 Å². The Labute approximate surface area is 166 Å². The van der Waals surface area contributed by atoms with Crippen LogP contribution in [0.25, 0.3) is 10.9 Å². The third-order valence-electron chi connectivity index (χ3n) is 4.72. The van der Waals surface area contributed by atoms with Crippen LogP contribution in [0.15, 0.2) is 45.7 Å². The van der Waals surface area contributed by atoms with Crippen LogP contribution in [0.1, 0.15) is 27.2 Å². The van der Waals surface area contributed by atoms with Crippen LogP contribution in [0, 0.1) is 6.92 Å². The topological polar surface area (TPSA) is 122 Å². The van der Waals surface area contributed by atoms with Gasteiger partial charge in [0, 0.05) is 23.5 Å². The molecular formula is C21H22N2O6. The summed E-state index contributed by atoms with van der Waals surface area (Å²) in [5.74, 6) is -1.15. The summed E-state index contributed by atoms with van der Waals surface area (Å²) < 4.78 is 9.82. The number of esters is 1. The Kier molecular flexibility index (Phi) is 6.13. The summed E-state index contributed by atoms with van der Waals surface area (Å²) in [5, 5.41) is 12.6. The fraction of sp³-hybridized carbons (Fsp3) is 0.286. The van der Waals surface area contributed by atoms with Crippen LogP contribution in [-0.2, 0) is 22.4 Å². The van der Waals surface area contributed by atoms with Crippen LogP contribution in [0.3, 0.4) is 0 Å². The normalized spacial score (nSPS) is 12.0. The van der Waals surface area contributed by atoms with E-state index in [1.165, 1.54) is 0 Å². The van der Waals surface area contributed by atoms with Gasteiger partial charge in [-0.15, -0.1) is 0 Å². The SMILES string of the molecule is COC(=O)[C@H](CO)NC(=O)c1c(C)cc(CCc2c[nH]c3ccccc23)oc1=O. The van der Waals surface area contributed by atoms with Gasteiger partial charge in [0.05, 0.1) is 13.7 Å². The van der Waals surface area contributed by atoms with E-state index < -0.39 is 30.2 Å². The van der Waals surface area contributed by atoms with Crippen molar-refractivity contribution in [2.24, 2.45) is 0 Å². The first-order chi connectivity index (χ1) is 13.9. The number of carbonyl (C=O) groups is 2. The Morgan fingerprint density at radius 2 is 2.03 bits per heavy atom. The number of fused-ring (bicyclic) bond motifs is 1. The van der Waals surface area contributed by atoms with E-state index in [2.05, 4.69) is 15.0 Å². The molecule has 152 valence electrons. The molecule has 3 N–H and O–H groups in total. The average Bonchev–Trinajstić information content (AvgIpc) is 3.12. The van der Waals surface area contributed by atoms with Crippen molar-refractivity contribution in [3.63, 3.8) is 0 Å². The van der Waals surface area contributed by atoms with Gasteiger partial charge >= 0.3 is 11.6 Å². The lowest BCUT2D eigenvalue weighted by Gasteiger charge is -2.14. The van der Waals surface area contributed by atoms with Crippen molar-refractivity contribution in [2.75, 3.05) is 13.7 Å². The number of aliphatic hydroxyl groups excluding tert-OH is 1. The number of amides is 1. The second kappa shape index (κ2) is 8.74. The molecule has 1 aromatic carbocycles. The number of ether oxygens (including phenoxy) is 1. The van der Waals surface area contributed by atoms with E-state index in [0.717, 1.165) is 23.6 Å². The smallest absolute Gasteiger partial charge is 0.349 e. The highest BCUT2D eigenvalue weighted by Gasteiger charge is 2.24. The molecule has 0 radical (unpaired) electrons. The van der Waals surface area contributed by atoms with E-state index in [1.54, 1.807) is 13.0 Å². The number of aryl methyl sites for hydroxylation is 3. The van der Waals surface area contributed by atoms with Gasteiger partial charge < -0.3 is 24.6 Å². The third kappa shape index (κ3) is 4.38. The van der Waals surface area contributed by atoms with Crippen LogP contribution in [0.4, 0.5) is 0 Å². The molecule has 0 fully saturated rings. The van der Waals surface area contributed by atoms with Crippen LogP contribution in [0.5, 0.6) is 0 Å². The Hall–Kier alpha value is -3.39. The predicted octanol–water partition coefficient (Wildman–Crippen LogP) is 1.48. The summed E-state index contributed by atoms with van der Waals surface area (Å²) >= 11 is 0. The van der Waals surface area contributed by atoms with E-state index in [4.69, 9.17) is 4.42 Å². The fourth-order valence-electron chi connectivity index (χ4n) is 3.22. The zero-order valence-corrected chi connectivity index (χ0v) is 16.2. The van der Waals surface area contributed by atoms with Crippen molar-refractivity contribution in [1.29, 1.82) is 0 Å². The number of aromatic nitrogens is 1. The van der Waals surface area contributed by atoms with E-state index in [9.17, 15) is 19.5 Å². The van der Waals surface area contributed by atoms with Gasteiger partial charge in [-0.3, -0.25) is 4.79 Å². The van der Waals surface area contributed by atoms with Crippen LogP contribution in [-0.4, -0.2) is 41.7 Å². The predicted molar refractivity (Wildman–Crippen MR) is 106 cm³/mol. The van der Waals surface area contributed by atoms with Crippen molar-refractivity contribution >= 4 is 22.8 Å². The first kappa shape index (κ1) is 20.3. The molecule has 8 nitrogen and oxygen atoms in total. The minimum Gasteiger partial charge on any atom is -0.467 e. The average molecular weight is 398 g/mol. The molecule has 0 saturated heterocycles. The molecule has 0 aliphatic carbocycles. The Morgan fingerprint density at radius 1 is 1.28 bits per heavy atom. The standard InChI is InChI=1S/C21H22N2O6/c1-12-9-14(8-7-13-10-22-16-6-4-3-5-15(13)16)29-21(27)18(12)19(25)23-17(11-24)20(26)28-2/h3-6,9-10,17,22,24H,7-8,11H2,1-2H3,(H,23,25)/t17-/m0/s1. The second-order valence-corrected chi connectivity index (χ2v) is 6.65. The van der Waals surface area contributed by atoms with Crippen LogP contribution < -0.4 is 10.9 Å². The van der Waals surface area contributed by atoms with Gasteiger partial charge in [0.1, 0.15) is 11.3 Å². The number of carbonyl (C=O) groups excluding carboxylic acids is 2. The molecule has 0 saturated carbocycles. The molecule has 1 atom stereocenters. The van der Waals surface area contributed by atoms with Crippen molar-refractivity contribution < 1.29 is 23.8 Å². The summed E-state index contributed by atoms with van der Waals surface area (Å²) in [6, 6.07) is 8.31. The minimum atomic E-state index is -1.26. The molecule has 3 rings (SSSR count). The zero-order chi connectivity index (χ0) is 21.0. The number of hydrogen-bond donors (Lipinski definition) is 3. The van der Waals surface area contributed by atoms with Gasteiger partial charge in [-0.05, 0) is 36.6 Å². The molecule has 3 aromatic rings. The highest BCUT2D eigenvalue weighted by atomic mass is 16.5. The van der Waals surface area contributed by atoms with Gasteiger partial charge in [0.2, 0.25) is 0 Å². The van der Waals surface area contributed by atoms with E-state index in [-0.39, 0.29) is 5.56 Å². The number of rotatable bonds is 7. The highest BCUT2D eigenvalue weighted by molar-refractivity contribution is 5.97. The molecule has 0 spiro atoms. The maximum atomic E-state index is 12.4. The molecule has 8 heteroatoms. The largest absolute Gasteiger partial charge is 0.467 e. The van der Waals surface area contributed by atoms with Gasteiger partial charge in [0.15, 0.2) is 6.04 Å². The number of benzene rings is 1. The summed E-state index contributed by atoms with van der Waals surface area (Å²) in [4.78, 5) is 39.5.